The number of methoxy groups -OCH3 is 2. The number of fused-ring (bicyclic) bond motifs is 1. The van der Waals surface area contributed by atoms with Crippen LogP contribution in [0.25, 0.3) is 10.9 Å². The predicted molar refractivity (Wildman–Crippen MR) is 116 cm³/mol. The summed E-state index contributed by atoms with van der Waals surface area (Å²) in [5.74, 6) is 0.933. The summed E-state index contributed by atoms with van der Waals surface area (Å²) in [6.07, 6.45) is 0.421. The Bertz CT molecular complexity index is 1270. The first-order chi connectivity index (χ1) is 14.6. The highest BCUT2D eigenvalue weighted by atomic mass is 32.1. The third-order valence-electron chi connectivity index (χ3n) is 4.62. The smallest absolute Gasteiger partial charge is 0.280 e. The average Bonchev–Trinajstić information content (AvgIpc) is 3.29. The van der Waals surface area contributed by atoms with Crippen molar-refractivity contribution in [2.24, 2.45) is 0 Å². The van der Waals surface area contributed by atoms with Crippen LogP contribution in [-0.4, -0.2) is 29.8 Å². The van der Waals surface area contributed by atoms with Gasteiger partial charge in [0.2, 0.25) is 0 Å². The molecule has 0 aliphatic heterocycles. The highest BCUT2D eigenvalue weighted by Crippen LogP contribution is 2.27. The molecule has 1 amide bonds. The van der Waals surface area contributed by atoms with Crippen LogP contribution in [0.15, 0.2) is 64.8 Å². The van der Waals surface area contributed by atoms with E-state index in [1.807, 2.05) is 23.6 Å². The monoisotopic (exact) mass is 421 g/mol. The quantitative estimate of drug-likeness (QED) is 0.516. The van der Waals surface area contributed by atoms with Gasteiger partial charge in [-0.3, -0.25) is 15.0 Å². The van der Waals surface area contributed by atoms with Gasteiger partial charge in [-0.25, -0.2) is 9.66 Å². The first-order valence-corrected chi connectivity index (χ1v) is 10.0. The highest BCUT2D eigenvalue weighted by Gasteiger charge is 2.16. The number of rotatable bonds is 6. The number of para-hydroxylation sites is 1. The minimum Gasteiger partial charge on any atom is -0.493 e. The lowest BCUT2D eigenvalue weighted by atomic mass is 10.2. The van der Waals surface area contributed by atoms with Crippen molar-refractivity contribution in [1.29, 1.82) is 0 Å². The second-order valence-corrected chi connectivity index (χ2v) is 7.48. The number of nitrogens with one attached hydrogen (secondary N) is 1. The van der Waals surface area contributed by atoms with Crippen LogP contribution in [-0.2, 0) is 6.42 Å². The minimum atomic E-state index is -0.456. The zero-order chi connectivity index (χ0) is 21.1. The first-order valence-electron chi connectivity index (χ1n) is 9.17. The molecule has 4 aromatic rings. The van der Waals surface area contributed by atoms with Crippen LogP contribution in [0.2, 0.25) is 0 Å². The van der Waals surface area contributed by atoms with Crippen LogP contribution in [0.4, 0.5) is 0 Å². The van der Waals surface area contributed by atoms with Crippen molar-refractivity contribution in [2.45, 2.75) is 6.42 Å². The third kappa shape index (κ3) is 3.77. The van der Waals surface area contributed by atoms with E-state index in [9.17, 15) is 9.59 Å². The summed E-state index contributed by atoms with van der Waals surface area (Å²) in [5, 5.41) is 2.39. The molecule has 8 heteroatoms. The number of ether oxygens (including phenoxy) is 2. The van der Waals surface area contributed by atoms with Crippen molar-refractivity contribution in [3.63, 3.8) is 0 Å². The molecule has 7 nitrogen and oxygen atoms in total. The van der Waals surface area contributed by atoms with E-state index in [1.54, 1.807) is 47.7 Å². The molecule has 30 heavy (non-hydrogen) atoms. The molecular weight excluding hydrogens is 402 g/mol. The van der Waals surface area contributed by atoms with Gasteiger partial charge in [0.15, 0.2) is 11.5 Å². The van der Waals surface area contributed by atoms with Gasteiger partial charge in [0, 0.05) is 16.9 Å². The number of carbonyl (C=O) groups excluding carboxylic acids is 1. The van der Waals surface area contributed by atoms with E-state index in [1.165, 1.54) is 18.9 Å². The Morgan fingerprint density at radius 3 is 2.60 bits per heavy atom. The van der Waals surface area contributed by atoms with Gasteiger partial charge in [-0.1, -0.05) is 18.2 Å². The second-order valence-electron chi connectivity index (χ2n) is 6.45. The van der Waals surface area contributed by atoms with Crippen molar-refractivity contribution < 1.29 is 14.3 Å². The number of carbonyl (C=O) groups is 1. The van der Waals surface area contributed by atoms with Gasteiger partial charge >= 0.3 is 0 Å². The molecule has 0 unspecified atom stereocenters. The summed E-state index contributed by atoms with van der Waals surface area (Å²) in [5.41, 5.74) is 3.28. The number of hydrogen-bond donors (Lipinski definition) is 1. The number of nitrogens with zero attached hydrogens (tertiary/aromatic N) is 2. The largest absolute Gasteiger partial charge is 0.493 e. The maximum Gasteiger partial charge on any atom is 0.280 e. The normalized spacial score (nSPS) is 10.7. The lowest BCUT2D eigenvalue weighted by Crippen LogP contribution is -2.36. The van der Waals surface area contributed by atoms with Crippen LogP contribution in [0.3, 0.4) is 0 Å². The molecule has 4 rings (SSSR count). The molecule has 2 aromatic heterocycles. The minimum absolute atomic E-state index is 0.329. The van der Waals surface area contributed by atoms with Gasteiger partial charge in [0.1, 0.15) is 5.82 Å². The van der Waals surface area contributed by atoms with Gasteiger partial charge < -0.3 is 9.47 Å². The molecule has 0 aliphatic carbocycles. The Labute approximate surface area is 176 Å². The van der Waals surface area contributed by atoms with Gasteiger partial charge in [0.05, 0.1) is 25.1 Å². The second kappa shape index (κ2) is 8.38. The van der Waals surface area contributed by atoms with Crippen LogP contribution >= 0.6 is 11.3 Å². The number of amides is 1. The molecule has 0 bridgehead atoms. The standard InChI is InChI=1S/C22H19N3O4S/c1-28-18-10-9-14(12-19(18)29-2)21(26)24-25-20(13-15-6-5-11-30-15)23-17-8-4-3-7-16(17)22(25)27/h3-12H,13H2,1-2H3,(H,24,26). The average molecular weight is 421 g/mol. The molecular formula is C22H19N3O4S. The van der Waals surface area contributed by atoms with Crippen LogP contribution in [0.1, 0.15) is 21.1 Å². The topological polar surface area (TPSA) is 82.5 Å². The highest BCUT2D eigenvalue weighted by molar-refractivity contribution is 7.09. The molecule has 0 fully saturated rings. The van der Waals surface area contributed by atoms with Crippen LogP contribution < -0.4 is 20.5 Å². The van der Waals surface area contributed by atoms with Gasteiger partial charge in [0.25, 0.3) is 11.5 Å². The summed E-state index contributed by atoms with van der Waals surface area (Å²) in [6.45, 7) is 0. The Hall–Kier alpha value is -3.65. The Balaban J connectivity index is 1.76. The molecule has 1 N–H and O–H groups in total. The zero-order valence-corrected chi connectivity index (χ0v) is 17.2. The van der Waals surface area contributed by atoms with Crippen molar-refractivity contribution in [1.82, 2.24) is 9.66 Å². The Morgan fingerprint density at radius 2 is 1.87 bits per heavy atom. The van der Waals surface area contributed by atoms with E-state index >= 15 is 0 Å². The fourth-order valence-electron chi connectivity index (χ4n) is 3.13. The maximum absolute atomic E-state index is 13.1. The van der Waals surface area contributed by atoms with Crippen molar-refractivity contribution >= 4 is 28.1 Å². The van der Waals surface area contributed by atoms with E-state index in [0.29, 0.717) is 40.2 Å². The molecule has 0 atom stereocenters. The molecule has 0 radical (unpaired) electrons. The molecule has 0 saturated heterocycles. The van der Waals surface area contributed by atoms with Crippen molar-refractivity contribution in [3.05, 3.63) is 86.6 Å². The van der Waals surface area contributed by atoms with Crippen LogP contribution in [0.5, 0.6) is 11.5 Å². The van der Waals surface area contributed by atoms with Crippen LogP contribution in [0, 0.1) is 0 Å². The maximum atomic E-state index is 13.1. The molecule has 152 valence electrons. The van der Waals surface area contributed by atoms with E-state index in [0.717, 1.165) is 4.88 Å². The predicted octanol–water partition coefficient (Wildman–Crippen LogP) is 3.45. The number of hydrogen-bond acceptors (Lipinski definition) is 6. The Morgan fingerprint density at radius 1 is 1.07 bits per heavy atom. The number of benzene rings is 2. The van der Waals surface area contributed by atoms with E-state index in [4.69, 9.17) is 9.47 Å². The van der Waals surface area contributed by atoms with Crippen molar-refractivity contribution in [2.75, 3.05) is 19.6 Å². The molecule has 0 saturated carbocycles. The van der Waals surface area contributed by atoms with E-state index in [-0.39, 0.29) is 5.56 Å². The lowest BCUT2D eigenvalue weighted by Gasteiger charge is -2.15. The summed E-state index contributed by atoms with van der Waals surface area (Å²) in [6, 6.07) is 15.8. The van der Waals surface area contributed by atoms with Crippen molar-refractivity contribution in [3.8, 4) is 11.5 Å². The summed E-state index contributed by atoms with van der Waals surface area (Å²) < 4.78 is 11.7. The summed E-state index contributed by atoms with van der Waals surface area (Å²) in [4.78, 5) is 31.7. The molecule has 0 spiro atoms. The number of aromatic nitrogens is 2. The fourth-order valence-corrected chi connectivity index (χ4v) is 3.83. The van der Waals surface area contributed by atoms with Gasteiger partial charge in [-0.15, -0.1) is 11.3 Å². The number of thiophene rings is 1. The van der Waals surface area contributed by atoms with Gasteiger partial charge in [-0.2, -0.15) is 0 Å². The van der Waals surface area contributed by atoms with E-state index < -0.39 is 5.91 Å². The zero-order valence-electron chi connectivity index (χ0n) is 16.4. The molecule has 0 aliphatic rings. The summed E-state index contributed by atoms with van der Waals surface area (Å²) in [7, 11) is 3.02. The SMILES string of the molecule is COc1ccc(C(=O)Nn2c(Cc3cccs3)nc3ccccc3c2=O)cc1OC. The fraction of sp³-hybridized carbons (Fsp3) is 0.136. The van der Waals surface area contributed by atoms with E-state index in [2.05, 4.69) is 10.4 Å². The van der Waals surface area contributed by atoms with Gasteiger partial charge in [-0.05, 0) is 41.8 Å². The summed E-state index contributed by atoms with van der Waals surface area (Å²) >= 11 is 1.56. The lowest BCUT2D eigenvalue weighted by molar-refractivity contribution is 0.101. The first kappa shape index (κ1) is 19.7. The molecule has 2 heterocycles. The third-order valence-corrected chi connectivity index (χ3v) is 5.49. The molecule has 2 aromatic carbocycles. The Kier molecular flexibility index (Phi) is 5.49.